The minimum absolute atomic E-state index is 0.293. The molecule has 0 radical (unpaired) electrons. The van der Waals surface area contributed by atoms with Crippen LogP contribution in [0.15, 0.2) is 164 Å². The first-order valence-electron chi connectivity index (χ1n) is 19.8. The molecule has 1 aliphatic heterocycles. The van der Waals surface area contributed by atoms with Crippen molar-refractivity contribution in [3.8, 4) is 33.5 Å². The number of benzene rings is 7. The molecule has 7 aromatic carbocycles. The molecule has 3 nitrogen and oxygen atoms in total. The van der Waals surface area contributed by atoms with Crippen molar-refractivity contribution in [3.05, 3.63) is 186 Å². The molecule has 2 aromatic heterocycles. The molecule has 2 aliphatic rings. The average Bonchev–Trinajstić information content (AvgIpc) is 3.27. The lowest BCUT2D eigenvalue weighted by atomic mass is 9.72. The quantitative estimate of drug-likeness (QED) is 0.180. The Hall–Kier alpha value is -6.84. The van der Waals surface area contributed by atoms with Gasteiger partial charge in [0.05, 0.1) is 22.4 Å². The summed E-state index contributed by atoms with van der Waals surface area (Å²) in [5, 5.41) is 11.1. The molecular formula is C53H39N3. The van der Waals surface area contributed by atoms with E-state index in [1.807, 2.05) is 12.3 Å². The number of rotatable bonds is 5. The van der Waals surface area contributed by atoms with Crippen molar-refractivity contribution in [2.45, 2.75) is 25.2 Å². The van der Waals surface area contributed by atoms with Gasteiger partial charge in [0.15, 0.2) is 0 Å². The van der Waals surface area contributed by atoms with Crippen molar-refractivity contribution in [2.75, 3.05) is 11.9 Å². The van der Waals surface area contributed by atoms with E-state index < -0.39 is 0 Å². The molecule has 0 spiro atoms. The summed E-state index contributed by atoms with van der Waals surface area (Å²) in [7, 11) is 0. The van der Waals surface area contributed by atoms with Crippen molar-refractivity contribution in [1.29, 1.82) is 0 Å². The molecule has 1 unspecified atom stereocenters. The third kappa shape index (κ3) is 5.34. The lowest BCUT2D eigenvalue weighted by molar-refractivity contribution is 0.597. The van der Waals surface area contributed by atoms with Gasteiger partial charge >= 0.3 is 0 Å². The summed E-state index contributed by atoms with van der Waals surface area (Å²) in [5.74, 6) is 0.665. The summed E-state index contributed by atoms with van der Waals surface area (Å²) in [6.07, 6.45) is 12.1. The van der Waals surface area contributed by atoms with Gasteiger partial charge in [-0.25, -0.2) is 4.98 Å². The van der Waals surface area contributed by atoms with Crippen LogP contribution in [0.4, 0.5) is 5.69 Å². The minimum Gasteiger partial charge on any atom is -0.379 e. The van der Waals surface area contributed by atoms with Crippen LogP contribution in [0, 0.1) is 0 Å². The van der Waals surface area contributed by atoms with Crippen LogP contribution in [-0.2, 0) is 0 Å². The van der Waals surface area contributed by atoms with Crippen LogP contribution < -0.4 is 5.32 Å². The second-order valence-electron chi connectivity index (χ2n) is 15.2. The smallest absolute Gasteiger partial charge is 0.0939 e. The van der Waals surface area contributed by atoms with Crippen LogP contribution >= 0.6 is 0 Å². The van der Waals surface area contributed by atoms with Gasteiger partial charge < -0.3 is 5.32 Å². The van der Waals surface area contributed by atoms with Crippen LogP contribution in [0.25, 0.3) is 89.0 Å². The van der Waals surface area contributed by atoms with Crippen LogP contribution in [0.1, 0.15) is 47.4 Å². The minimum atomic E-state index is 0.293. The van der Waals surface area contributed by atoms with Crippen molar-refractivity contribution in [3.63, 3.8) is 0 Å². The molecular weight excluding hydrogens is 679 g/mol. The van der Waals surface area contributed by atoms with Crippen LogP contribution in [-0.4, -0.2) is 16.5 Å². The highest BCUT2D eigenvalue weighted by Crippen LogP contribution is 2.47. The molecule has 9 aromatic rings. The molecule has 1 N–H and O–H groups in total. The van der Waals surface area contributed by atoms with Crippen molar-refractivity contribution < 1.29 is 0 Å². The van der Waals surface area contributed by atoms with E-state index in [9.17, 15) is 0 Å². The van der Waals surface area contributed by atoms with Gasteiger partial charge in [-0.2, -0.15) is 0 Å². The molecule has 0 saturated carbocycles. The number of pyridine rings is 2. The molecule has 0 amide bonds. The number of anilines is 1. The van der Waals surface area contributed by atoms with Crippen molar-refractivity contribution >= 4 is 61.2 Å². The van der Waals surface area contributed by atoms with Crippen molar-refractivity contribution in [2.24, 2.45) is 0 Å². The predicted octanol–water partition coefficient (Wildman–Crippen LogP) is 13.8. The highest BCUT2D eigenvalue weighted by Gasteiger charge is 2.28. The van der Waals surface area contributed by atoms with Gasteiger partial charge in [0.1, 0.15) is 0 Å². The Balaban J connectivity index is 0.930. The van der Waals surface area contributed by atoms with Crippen LogP contribution in [0.3, 0.4) is 0 Å². The normalized spacial score (nSPS) is 15.9. The molecule has 2 atom stereocenters. The lowest BCUT2D eigenvalue weighted by Crippen LogP contribution is -2.14. The summed E-state index contributed by atoms with van der Waals surface area (Å²) in [6, 6.07) is 53.5. The average molecular weight is 718 g/mol. The maximum absolute atomic E-state index is 5.23. The Labute approximate surface area is 326 Å². The van der Waals surface area contributed by atoms with Crippen LogP contribution in [0.5, 0.6) is 0 Å². The number of fused-ring (bicyclic) bond motifs is 8. The van der Waals surface area contributed by atoms with Gasteiger partial charge in [0.25, 0.3) is 0 Å². The topological polar surface area (TPSA) is 37.8 Å². The first-order valence-corrected chi connectivity index (χ1v) is 19.8. The molecule has 56 heavy (non-hydrogen) atoms. The highest BCUT2D eigenvalue weighted by molar-refractivity contribution is 6.09. The van der Waals surface area contributed by atoms with Gasteiger partial charge in [-0.3, -0.25) is 4.98 Å². The monoisotopic (exact) mass is 717 g/mol. The van der Waals surface area contributed by atoms with Gasteiger partial charge in [-0.1, -0.05) is 146 Å². The molecule has 0 saturated heterocycles. The fourth-order valence-corrected chi connectivity index (χ4v) is 9.36. The maximum Gasteiger partial charge on any atom is 0.0939 e. The van der Waals surface area contributed by atoms with Gasteiger partial charge in [-0.15, -0.1) is 0 Å². The number of allylic oxidation sites excluding steroid dienone is 1. The summed E-state index contributed by atoms with van der Waals surface area (Å²) >= 11 is 0. The Morgan fingerprint density at radius 3 is 2.25 bits per heavy atom. The summed E-state index contributed by atoms with van der Waals surface area (Å²) in [6.45, 7) is 3.15. The zero-order valence-electron chi connectivity index (χ0n) is 31.2. The van der Waals surface area contributed by atoms with Gasteiger partial charge in [-0.05, 0) is 103 Å². The Morgan fingerprint density at radius 2 is 1.36 bits per heavy atom. The molecule has 1 aliphatic carbocycles. The predicted molar refractivity (Wildman–Crippen MR) is 237 cm³/mol. The fourth-order valence-electron chi connectivity index (χ4n) is 9.36. The molecule has 11 rings (SSSR count). The standard InChI is InChI=1S/C53H39N3/c1-2-41-45(49-30-39-9-3-4-11-42(39)43-12-5-6-13-44(43)49)25-23-34-17-21-37(29-47(34)41)38-22-20-36-24-26-50(56-51(36)32-38)35-18-15-33(16-19-35)48-31-40-10-7-27-54-52(40)53-46(48)14-8-28-55-53/h3-27,29-32,41,45,55H,2,28H2,1H3/t41-,45?/m1/s1. The SMILES string of the molecule is CC[C@H]1c2cc(-c3ccc4ccc(-c5ccc(-c6cc7cccnc7c7c6C=CCN7)cc5)nc4c3)ccc2C=CC1c1cc2ccccc2c2ccccc12. The summed E-state index contributed by atoms with van der Waals surface area (Å²) in [4.78, 5) is 9.91. The van der Waals surface area contributed by atoms with Crippen molar-refractivity contribution in [1.82, 2.24) is 9.97 Å². The fraction of sp³-hybridized carbons (Fsp3) is 0.0943. The lowest BCUT2D eigenvalue weighted by Gasteiger charge is -2.31. The molecule has 3 heteroatoms. The van der Waals surface area contributed by atoms with E-state index in [-0.39, 0.29) is 0 Å². The van der Waals surface area contributed by atoms with Gasteiger partial charge in [0.2, 0.25) is 0 Å². The van der Waals surface area contributed by atoms with E-state index >= 15 is 0 Å². The maximum atomic E-state index is 5.23. The van der Waals surface area contributed by atoms with E-state index in [0.717, 1.165) is 51.7 Å². The Morgan fingerprint density at radius 1 is 0.607 bits per heavy atom. The van der Waals surface area contributed by atoms with E-state index in [0.29, 0.717) is 11.8 Å². The Bertz CT molecular complexity index is 3080. The first-order chi connectivity index (χ1) is 27.7. The number of hydrogen-bond donors (Lipinski definition) is 1. The van der Waals surface area contributed by atoms with E-state index in [4.69, 9.17) is 4.98 Å². The molecule has 0 fully saturated rings. The van der Waals surface area contributed by atoms with Crippen LogP contribution in [0.2, 0.25) is 0 Å². The second kappa shape index (κ2) is 13.2. The summed E-state index contributed by atoms with van der Waals surface area (Å²) in [5.41, 5.74) is 15.3. The molecule has 0 bridgehead atoms. The van der Waals surface area contributed by atoms with E-state index in [2.05, 4.69) is 181 Å². The van der Waals surface area contributed by atoms with Gasteiger partial charge in [0, 0.05) is 40.6 Å². The van der Waals surface area contributed by atoms with E-state index in [1.54, 1.807) is 0 Å². The Kier molecular flexibility index (Phi) is 7.67. The number of aromatic nitrogens is 2. The first kappa shape index (κ1) is 32.6. The number of hydrogen-bond acceptors (Lipinski definition) is 3. The largest absolute Gasteiger partial charge is 0.379 e. The zero-order valence-corrected chi connectivity index (χ0v) is 31.2. The third-order valence-corrected chi connectivity index (χ3v) is 12.1. The second-order valence-corrected chi connectivity index (χ2v) is 15.2. The third-order valence-electron chi connectivity index (χ3n) is 12.1. The summed E-state index contributed by atoms with van der Waals surface area (Å²) < 4.78 is 0. The number of nitrogens with one attached hydrogen (secondary N) is 1. The molecule has 266 valence electrons. The van der Waals surface area contributed by atoms with E-state index in [1.165, 1.54) is 66.1 Å². The highest BCUT2D eigenvalue weighted by atomic mass is 14.9. The zero-order chi connectivity index (χ0) is 37.2. The molecule has 3 heterocycles. The number of nitrogens with zero attached hydrogens (tertiary/aromatic N) is 2.